The predicted molar refractivity (Wildman–Crippen MR) is 85.1 cm³/mol. The molecule has 2 N–H and O–H groups in total. The molecule has 0 radical (unpaired) electrons. The summed E-state index contributed by atoms with van der Waals surface area (Å²) in [6.07, 6.45) is 1.50. The van der Waals surface area contributed by atoms with Gasteiger partial charge in [0.1, 0.15) is 5.75 Å². The molecule has 6 heteroatoms. The lowest BCUT2D eigenvalue weighted by Crippen LogP contribution is -2.37. The topological polar surface area (TPSA) is 50.4 Å². The first kappa shape index (κ1) is 16.4. The number of benzene rings is 1. The first-order chi connectivity index (χ1) is 10.0. The van der Waals surface area contributed by atoms with Crippen LogP contribution in [0.4, 0.5) is 0 Å². The van der Waals surface area contributed by atoms with Crippen LogP contribution >= 0.6 is 23.2 Å². The number of amides is 1. The summed E-state index contributed by atoms with van der Waals surface area (Å²) in [6, 6.07) is 3.74. The summed E-state index contributed by atoms with van der Waals surface area (Å²) in [7, 11) is 0. The number of halogens is 2. The van der Waals surface area contributed by atoms with Crippen LogP contribution < -0.4 is 15.4 Å². The monoisotopic (exact) mass is 330 g/mol. The quantitative estimate of drug-likeness (QED) is 0.807. The molecule has 4 nitrogen and oxygen atoms in total. The summed E-state index contributed by atoms with van der Waals surface area (Å²) in [4.78, 5) is 12.0. The average molecular weight is 331 g/mol. The Morgan fingerprint density at radius 3 is 2.76 bits per heavy atom. The van der Waals surface area contributed by atoms with Crippen LogP contribution in [0.1, 0.15) is 32.3 Å². The predicted octanol–water partition coefficient (Wildman–Crippen LogP) is 3.15. The lowest BCUT2D eigenvalue weighted by molar-refractivity contribution is -0.127. The molecule has 1 aromatic rings. The molecule has 1 atom stereocenters. The Hall–Kier alpha value is -0.970. The first-order valence-corrected chi connectivity index (χ1v) is 7.92. The van der Waals surface area contributed by atoms with Gasteiger partial charge < -0.3 is 15.4 Å². The van der Waals surface area contributed by atoms with E-state index in [1.165, 1.54) is 0 Å². The maximum absolute atomic E-state index is 12.0. The van der Waals surface area contributed by atoms with Crippen molar-refractivity contribution >= 4 is 29.1 Å². The van der Waals surface area contributed by atoms with Crippen LogP contribution in [0.5, 0.6) is 5.75 Å². The molecule has 116 valence electrons. The van der Waals surface area contributed by atoms with Crippen molar-refractivity contribution in [2.75, 3.05) is 6.54 Å². The molecule has 0 bridgehead atoms. The van der Waals surface area contributed by atoms with Crippen LogP contribution in [0.15, 0.2) is 12.1 Å². The van der Waals surface area contributed by atoms with Crippen LogP contribution in [0.25, 0.3) is 0 Å². The fourth-order valence-electron chi connectivity index (χ4n) is 1.91. The van der Waals surface area contributed by atoms with E-state index in [-0.39, 0.29) is 5.91 Å². The third kappa shape index (κ3) is 4.77. The Morgan fingerprint density at radius 1 is 1.43 bits per heavy atom. The van der Waals surface area contributed by atoms with Crippen LogP contribution in [-0.2, 0) is 11.3 Å². The molecule has 1 aromatic carbocycles. The number of carbonyl (C=O) groups is 1. The molecular formula is C15H20Cl2N2O2. The Balaban J connectivity index is 2.10. The summed E-state index contributed by atoms with van der Waals surface area (Å²) >= 11 is 12.2. The summed E-state index contributed by atoms with van der Waals surface area (Å²) in [5, 5.41) is 7.09. The van der Waals surface area contributed by atoms with Crippen LogP contribution in [0.3, 0.4) is 0 Å². The van der Waals surface area contributed by atoms with Crippen molar-refractivity contribution in [2.45, 2.75) is 45.4 Å². The van der Waals surface area contributed by atoms with Gasteiger partial charge in [0, 0.05) is 23.2 Å². The van der Waals surface area contributed by atoms with Gasteiger partial charge in [-0.3, -0.25) is 4.79 Å². The van der Waals surface area contributed by atoms with Gasteiger partial charge in [-0.15, -0.1) is 0 Å². The van der Waals surface area contributed by atoms with E-state index in [1.807, 2.05) is 6.92 Å². The lowest BCUT2D eigenvalue weighted by Gasteiger charge is -2.19. The third-order valence-electron chi connectivity index (χ3n) is 3.24. The normalized spacial score (nSPS) is 15.6. The molecule has 0 saturated heterocycles. The molecule has 0 aliphatic heterocycles. The highest BCUT2D eigenvalue weighted by molar-refractivity contribution is 6.35. The standard InChI is InChI=1S/C15H20Cl2N2O2/c1-3-18-8-10-6-11(16)7-13(17)14(10)21-9(2)15(20)19-12-4-5-12/h6-7,9,12,18H,3-5,8H2,1-2H3,(H,19,20). The van der Waals surface area contributed by atoms with Gasteiger partial charge in [-0.2, -0.15) is 0 Å². The number of carbonyl (C=O) groups excluding carboxylic acids is 1. The molecule has 1 saturated carbocycles. The summed E-state index contributed by atoms with van der Waals surface area (Å²) < 4.78 is 5.78. The molecule has 0 spiro atoms. The minimum absolute atomic E-state index is 0.113. The Morgan fingerprint density at radius 2 is 2.14 bits per heavy atom. The molecular weight excluding hydrogens is 311 g/mol. The fourth-order valence-corrected chi connectivity index (χ4v) is 2.49. The molecule has 1 aliphatic rings. The molecule has 2 rings (SSSR count). The average Bonchev–Trinajstić information content (AvgIpc) is 3.23. The highest BCUT2D eigenvalue weighted by atomic mass is 35.5. The van der Waals surface area contributed by atoms with Gasteiger partial charge >= 0.3 is 0 Å². The van der Waals surface area contributed by atoms with Gasteiger partial charge in [-0.25, -0.2) is 0 Å². The van der Waals surface area contributed by atoms with Crippen molar-refractivity contribution in [1.29, 1.82) is 0 Å². The van der Waals surface area contributed by atoms with Gasteiger partial charge in [0.2, 0.25) is 0 Å². The van der Waals surface area contributed by atoms with Gasteiger partial charge in [0.15, 0.2) is 6.10 Å². The maximum atomic E-state index is 12.0. The number of ether oxygens (including phenoxy) is 1. The van der Waals surface area contributed by atoms with E-state index in [1.54, 1.807) is 19.1 Å². The van der Waals surface area contributed by atoms with Crippen molar-refractivity contribution < 1.29 is 9.53 Å². The molecule has 1 amide bonds. The summed E-state index contributed by atoms with van der Waals surface area (Å²) in [6.45, 7) is 5.14. The van der Waals surface area contributed by atoms with Crippen molar-refractivity contribution in [3.63, 3.8) is 0 Å². The van der Waals surface area contributed by atoms with Crippen molar-refractivity contribution in [1.82, 2.24) is 10.6 Å². The van der Waals surface area contributed by atoms with E-state index < -0.39 is 6.10 Å². The molecule has 0 aromatic heterocycles. The van der Waals surface area contributed by atoms with E-state index in [4.69, 9.17) is 27.9 Å². The highest BCUT2D eigenvalue weighted by Gasteiger charge is 2.27. The molecule has 21 heavy (non-hydrogen) atoms. The molecule has 1 unspecified atom stereocenters. The fraction of sp³-hybridized carbons (Fsp3) is 0.533. The maximum Gasteiger partial charge on any atom is 0.260 e. The first-order valence-electron chi connectivity index (χ1n) is 7.17. The van der Waals surface area contributed by atoms with Crippen molar-refractivity contribution in [3.8, 4) is 5.75 Å². The second-order valence-electron chi connectivity index (χ2n) is 5.20. The van der Waals surface area contributed by atoms with E-state index in [0.717, 1.165) is 24.9 Å². The van der Waals surface area contributed by atoms with E-state index in [9.17, 15) is 4.79 Å². The number of hydrogen-bond acceptors (Lipinski definition) is 3. The second kappa shape index (κ2) is 7.34. The third-order valence-corrected chi connectivity index (χ3v) is 3.74. The Labute approximate surface area is 135 Å². The van der Waals surface area contributed by atoms with E-state index in [0.29, 0.717) is 28.4 Å². The van der Waals surface area contributed by atoms with Gasteiger partial charge in [-0.1, -0.05) is 30.1 Å². The summed E-state index contributed by atoms with van der Waals surface area (Å²) in [5.41, 5.74) is 0.848. The largest absolute Gasteiger partial charge is 0.479 e. The highest BCUT2D eigenvalue weighted by Crippen LogP contribution is 2.33. The number of rotatable bonds is 7. The smallest absolute Gasteiger partial charge is 0.260 e. The van der Waals surface area contributed by atoms with Crippen molar-refractivity contribution in [3.05, 3.63) is 27.7 Å². The minimum atomic E-state index is -0.593. The molecule has 1 aliphatic carbocycles. The van der Waals surface area contributed by atoms with E-state index >= 15 is 0 Å². The lowest BCUT2D eigenvalue weighted by atomic mass is 10.2. The SMILES string of the molecule is CCNCc1cc(Cl)cc(Cl)c1OC(C)C(=O)NC1CC1. The summed E-state index contributed by atoms with van der Waals surface area (Å²) in [5.74, 6) is 0.401. The zero-order valence-corrected chi connectivity index (χ0v) is 13.7. The van der Waals surface area contributed by atoms with Gasteiger partial charge in [-0.05, 0) is 38.4 Å². The molecule has 0 heterocycles. The van der Waals surface area contributed by atoms with Crippen LogP contribution in [-0.4, -0.2) is 24.6 Å². The second-order valence-corrected chi connectivity index (χ2v) is 6.04. The van der Waals surface area contributed by atoms with Crippen LogP contribution in [0.2, 0.25) is 10.0 Å². The Kier molecular flexibility index (Phi) is 5.73. The van der Waals surface area contributed by atoms with E-state index in [2.05, 4.69) is 10.6 Å². The van der Waals surface area contributed by atoms with Crippen molar-refractivity contribution in [2.24, 2.45) is 0 Å². The van der Waals surface area contributed by atoms with Gasteiger partial charge in [0.25, 0.3) is 5.91 Å². The molecule has 1 fully saturated rings. The van der Waals surface area contributed by atoms with Gasteiger partial charge in [0.05, 0.1) is 5.02 Å². The Bertz CT molecular complexity index is 519. The minimum Gasteiger partial charge on any atom is -0.479 e. The zero-order chi connectivity index (χ0) is 15.4. The number of hydrogen-bond donors (Lipinski definition) is 2. The number of nitrogens with one attached hydrogen (secondary N) is 2. The van der Waals surface area contributed by atoms with Crippen LogP contribution in [0, 0.1) is 0 Å². The zero-order valence-electron chi connectivity index (χ0n) is 12.2.